The lowest BCUT2D eigenvalue weighted by Gasteiger charge is -2.23. The molecule has 8 heteroatoms. The zero-order valence-corrected chi connectivity index (χ0v) is 10.6. The van der Waals surface area contributed by atoms with Crippen molar-refractivity contribution < 1.29 is 24.3 Å². The van der Waals surface area contributed by atoms with E-state index >= 15 is 0 Å². The van der Waals surface area contributed by atoms with Crippen molar-refractivity contribution in [3.8, 4) is 0 Å². The molecule has 8 nitrogen and oxygen atoms in total. The van der Waals surface area contributed by atoms with Gasteiger partial charge in [-0.15, -0.1) is 0 Å². The minimum absolute atomic E-state index is 0.147. The molecule has 0 aliphatic carbocycles. The number of carboxylic acid groups (broad SMARTS) is 1. The quantitative estimate of drug-likeness (QED) is 0.494. The molecule has 1 fully saturated rings. The number of hydrogen-bond donors (Lipinski definition) is 4. The fourth-order valence-electron chi connectivity index (χ4n) is 1.74. The Hall–Kier alpha value is -2.12. The van der Waals surface area contributed by atoms with Crippen molar-refractivity contribution in [2.45, 2.75) is 44.7 Å². The van der Waals surface area contributed by atoms with E-state index < -0.39 is 30.0 Å². The lowest BCUT2D eigenvalue weighted by atomic mass is 10.1. The first-order valence-corrected chi connectivity index (χ1v) is 6.07. The Morgan fingerprint density at radius 1 is 1.47 bits per heavy atom. The zero-order valence-electron chi connectivity index (χ0n) is 10.6. The number of amides is 4. The second-order valence-electron chi connectivity index (χ2n) is 4.30. The average molecular weight is 271 g/mol. The first kappa shape index (κ1) is 14.9. The molecule has 0 spiro atoms. The topological polar surface area (TPSA) is 125 Å². The third kappa shape index (κ3) is 4.57. The number of urea groups is 1. The maximum atomic E-state index is 11.6. The Morgan fingerprint density at radius 2 is 2.16 bits per heavy atom. The highest BCUT2D eigenvalue weighted by Gasteiger charge is 2.28. The number of rotatable bonds is 5. The van der Waals surface area contributed by atoms with Gasteiger partial charge in [0.1, 0.15) is 12.1 Å². The molecular formula is C11H17N3O5. The maximum Gasteiger partial charge on any atom is 0.326 e. The van der Waals surface area contributed by atoms with Crippen LogP contribution >= 0.6 is 0 Å². The molecule has 0 aromatic rings. The number of nitrogens with one attached hydrogen (secondary N) is 3. The van der Waals surface area contributed by atoms with Gasteiger partial charge >= 0.3 is 12.0 Å². The summed E-state index contributed by atoms with van der Waals surface area (Å²) < 4.78 is 0. The summed E-state index contributed by atoms with van der Waals surface area (Å²) in [6.45, 7) is 1.80. The molecule has 4 amide bonds. The fraction of sp³-hybridized carbons (Fsp3) is 0.636. The summed E-state index contributed by atoms with van der Waals surface area (Å²) in [4.78, 5) is 44.7. The van der Waals surface area contributed by atoms with Crippen LogP contribution in [-0.2, 0) is 14.4 Å². The first-order chi connectivity index (χ1) is 8.93. The molecule has 1 aliphatic rings. The molecule has 1 rings (SSSR count). The monoisotopic (exact) mass is 271 g/mol. The van der Waals surface area contributed by atoms with Crippen LogP contribution in [0.4, 0.5) is 4.79 Å². The average Bonchev–Trinajstić information content (AvgIpc) is 2.32. The molecule has 0 aromatic carbocycles. The third-order valence-corrected chi connectivity index (χ3v) is 2.73. The lowest BCUT2D eigenvalue weighted by Crippen LogP contribution is -2.56. The molecule has 1 heterocycles. The van der Waals surface area contributed by atoms with Gasteiger partial charge in [-0.3, -0.25) is 14.9 Å². The molecular weight excluding hydrogens is 254 g/mol. The number of aliphatic carboxylic acids is 1. The van der Waals surface area contributed by atoms with Gasteiger partial charge in [-0.05, 0) is 12.8 Å². The lowest BCUT2D eigenvalue weighted by molar-refractivity contribution is -0.139. The molecule has 0 aromatic heterocycles. The summed E-state index contributed by atoms with van der Waals surface area (Å²) in [5.41, 5.74) is 0. The maximum absolute atomic E-state index is 11.6. The molecule has 1 aliphatic heterocycles. The van der Waals surface area contributed by atoms with Crippen LogP contribution < -0.4 is 16.0 Å². The number of carbonyl (C=O) groups is 4. The van der Waals surface area contributed by atoms with Gasteiger partial charge in [0, 0.05) is 6.42 Å². The molecule has 1 unspecified atom stereocenters. The number of imide groups is 1. The van der Waals surface area contributed by atoms with Crippen LogP contribution in [0.2, 0.25) is 0 Å². The predicted octanol–water partition coefficient (Wildman–Crippen LogP) is -0.656. The van der Waals surface area contributed by atoms with Gasteiger partial charge in [0.05, 0.1) is 0 Å². The normalized spacial score (nSPS) is 20.4. The summed E-state index contributed by atoms with van der Waals surface area (Å²) in [7, 11) is 0. The second kappa shape index (κ2) is 6.72. The Kier molecular flexibility index (Phi) is 5.28. The molecule has 0 bridgehead atoms. The van der Waals surface area contributed by atoms with Crippen molar-refractivity contribution in [1.29, 1.82) is 0 Å². The van der Waals surface area contributed by atoms with E-state index in [2.05, 4.69) is 16.0 Å². The molecule has 19 heavy (non-hydrogen) atoms. The van der Waals surface area contributed by atoms with Crippen LogP contribution in [0.5, 0.6) is 0 Å². The van der Waals surface area contributed by atoms with Crippen LogP contribution in [0.1, 0.15) is 32.6 Å². The molecule has 106 valence electrons. The molecule has 0 radical (unpaired) electrons. The third-order valence-electron chi connectivity index (χ3n) is 2.73. The van der Waals surface area contributed by atoms with Crippen molar-refractivity contribution in [3.05, 3.63) is 0 Å². The van der Waals surface area contributed by atoms with Crippen LogP contribution in [-0.4, -0.2) is 41.0 Å². The highest BCUT2D eigenvalue weighted by molar-refractivity contribution is 6.01. The SMILES string of the molecule is CCC[C@H](NC(=O)NC1CCC(=O)NC1=O)C(=O)O. The summed E-state index contributed by atoms with van der Waals surface area (Å²) in [5.74, 6) is -2.08. The van der Waals surface area contributed by atoms with Crippen molar-refractivity contribution in [3.63, 3.8) is 0 Å². The van der Waals surface area contributed by atoms with Crippen molar-refractivity contribution >= 4 is 23.8 Å². The van der Waals surface area contributed by atoms with E-state index in [9.17, 15) is 19.2 Å². The van der Waals surface area contributed by atoms with E-state index in [-0.39, 0.29) is 18.7 Å². The molecule has 4 N–H and O–H groups in total. The minimum Gasteiger partial charge on any atom is -0.480 e. The van der Waals surface area contributed by atoms with E-state index in [0.717, 1.165) is 0 Å². The van der Waals surface area contributed by atoms with Gasteiger partial charge < -0.3 is 15.7 Å². The number of carbonyl (C=O) groups excluding carboxylic acids is 3. The van der Waals surface area contributed by atoms with Crippen LogP contribution in [0, 0.1) is 0 Å². The highest BCUT2D eigenvalue weighted by atomic mass is 16.4. The van der Waals surface area contributed by atoms with Crippen molar-refractivity contribution in [1.82, 2.24) is 16.0 Å². The minimum atomic E-state index is -1.12. The van der Waals surface area contributed by atoms with E-state index in [4.69, 9.17) is 5.11 Å². The van der Waals surface area contributed by atoms with Gasteiger partial charge in [0.25, 0.3) is 0 Å². The zero-order chi connectivity index (χ0) is 14.4. The van der Waals surface area contributed by atoms with Crippen LogP contribution in [0.25, 0.3) is 0 Å². The molecule has 1 saturated heterocycles. The number of hydrogen-bond acceptors (Lipinski definition) is 4. The molecule has 2 atom stereocenters. The highest BCUT2D eigenvalue weighted by Crippen LogP contribution is 2.04. The second-order valence-corrected chi connectivity index (χ2v) is 4.30. The first-order valence-electron chi connectivity index (χ1n) is 6.07. The Bertz CT molecular complexity index is 396. The van der Waals surface area contributed by atoms with E-state index in [1.807, 2.05) is 0 Å². The van der Waals surface area contributed by atoms with E-state index in [1.165, 1.54) is 0 Å². The summed E-state index contributed by atoms with van der Waals surface area (Å²) in [5, 5.41) is 15.6. The Balaban J connectivity index is 2.48. The van der Waals surface area contributed by atoms with Crippen molar-refractivity contribution in [2.75, 3.05) is 0 Å². The van der Waals surface area contributed by atoms with Gasteiger partial charge in [-0.1, -0.05) is 13.3 Å². The van der Waals surface area contributed by atoms with Gasteiger partial charge in [0.2, 0.25) is 11.8 Å². The predicted molar refractivity (Wildman–Crippen MR) is 64.2 cm³/mol. The van der Waals surface area contributed by atoms with Gasteiger partial charge in [0.15, 0.2) is 0 Å². The van der Waals surface area contributed by atoms with E-state index in [0.29, 0.717) is 12.8 Å². The standard InChI is InChI=1S/C11H17N3O5/c1-2-3-7(10(17)18)13-11(19)12-6-4-5-8(15)14-9(6)16/h6-7H,2-5H2,1H3,(H,17,18)(H2,12,13,19)(H,14,15,16)/t6?,7-/m0/s1. The molecule has 0 saturated carbocycles. The van der Waals surface area contributed by atoms with Crippen LogP contribution in [0.3, 0.4) is 0 Å². The fourth-order valence-corrected chi connectivity index (χ4v) is 1.74. The van der Waals surface area contributed by atoms with Gasteiger partial charge in [-0.25, -0.2) is 9.59 Å². The summed E-state index contributed by atoms with van der Waals surface area (Å²) in [6.07, 6.45) is 1.27. The van der Waals surface area contributed by atoms with E-state index in [1.54, 1.807) is 6.92 Å². The van der Waals surface area contributed by atoms with Crippen LogP contribution in [0.15, 0.2) is 0 Å². The number of carboxylic acids is 1. The summed E-state index contributed by atoms with van der Waals surface area (Å²) >= 11 is 0. The van der Waals surface area contributed by atoms with Gasteiger partial charge in [-0.2, -0.15) is 0 Å². The Morgan fingerprint density at radius 3 is 2.68 bits per heavy atom. The number of piperidine rings is 1. The smallest absolute Gasteiger partial charge is 0.326 e. The Labute approximate surface area is 109 Å². The summed E-state index contributed by atoms with van der Waals surface area (Å²) in [6, 6.07) is -2.53. The largest absolute Gasteiger partial charge is 0.480 e. The van der Waals surface area contributed by atoms with Crippen molar-refractivity contribution in [2.24, 2.45) is 0 Å².